The minimum Gasteiger partial charge on any atom is -0.496 e. The monoisotopic (exact) mass is 432 g/mol. The summed E-state index contributed by atoms with van der Waals surface area (Å²) in [5, 5.41) is 0. The summed E-state index contributed by atoms with van der Waals surface area (Å²) in [5.41, 5.74) is 1.24. The van der Waals surface area contributed by atoms with Crippen LogP contribution in [0.25, 0.3) is 6.08 Å². The molecule has 3 aromatic carbocycles. The van der Waals surface area contributed by atoms with Crippen molar-refractivity contribution in [3.05, 3.63) is 83.1 Å². The number of fused-ring (bicyclic) bond motifs is 1. The number of methoxy groups -OCH3 is 3. The molecule has 0 spiro atoms. The van der Waals surface area contributed by atoms with E-state index in [4.69, 9.17) is 23.7 Å². The molecule has 0 atom stereocenters. The fraction of sp³-hybridized carbons (Fsp3) is 0.120. The summed E-state index contributed by atoms with van der Waals surface area (Å²) < 4.78 is 27.1. The van der Waals surface area contributed by atoms with Crippen molar-refractivity contribution in [2.75, 3.05) is 21.3 Å². The van der Waals surface area contributed by atoms with Crippen molar-refractivity contribution in [2.24, 2.45) is 0 Å². The van der Waals surface area contributed by atoms with Crippen LogP contribution in [-0.2, 0) is 0 Å². The lowest BCUT2D eigenvalue weighted by molar-refractivity contribution is 0.0727. The van der Waals surface area contributed by atoms with E-state index in [0.29, 0.717) is 34.1 Å². The van der Waals surface area contributed by atoms with Crippen LogP contribution in [0.5, 0.6) is 28.7 Å². The fourth-order valence-corrected chi connectivity index (χ4v) is 3.37. The molecule has 7 nitrogen and oxygen atoms in total. The highest BCUT2D eigenvalue weighted by molar-refractivity contribution is 6.14. The second-order valence-corrected chi connectivity index (χ2v) is 6.77. The van der Waals surface area contributed by atoms with Crippen molar-refractivity contribution in [2.45, 2.75) is 0 Å². The predicted molar refractivity (Wildman–Crippen MR) is 117 cm³/mol. The lowest BCUT2D eigenvalue weighted by Gasteiger charge is -2.12. The van der Waals surface area contributed by atoms with E-state index >= 15 is 0 Å². The molecule has 0 bridgehead atoms. The Hall–Kier alpha value is -4.26. The first-order chi connectivity index (χ1) is 15.5. The zero-order chi connectivity index (χ0) is 22.7. The van der Waals surface area contributed by atoms with Crippen molar-refractivity contribution < 1.29 is 33.3 Å². The standard InChI is InChI=1S/C25H20O7/c1-28-18-8-5-4-7-15(18)13-22-24(26)17-12-11-16(14-21(17)32-22)31-25(27)23-19(29-2)9-6-10-20(23)30-3/h4-14H,1-3H3/b22-13-. The van der Waals surface area contributed by atoms with Crippen LogP contribution in [0, 0.1) is 0 Å². The van der Waals surface area contributed by atoms with Crippen LogP contribution in [0.2, 0.25) is 0 Å². The topological polar surface area (TPSA) is 80.3 Å². The van der Waals surface area contributed by atoms with Crippen molar-refractivity contribution in [1.29, 1.82) is 0 Å². The van der Waals surface area contributed by atoms with Crippen LogP contribution in [0.15, 0.2) is 66.4 Å². The number of para-hydroxylation sites is 1. The highest BCUT2D eigenvalue weighted by Gasteiger charge is 2.29. The summed E-state index contributed by atoms with van der Waals surface area (Å²) in [7, 11) is 4.47. The molecule has 0 radical (unpaired) electrons. The van der Waals surface area contributed by atoms with E-state index in [2.05, 4.69) is 0 Å². The zero-order valence-corrected chi connectivity index (χ0v) is 17.7. The summed E-state index contributed by atoms with van der Waals surface area (Å²) in [4.78, 5) is 25.5. The molecule has 1 heterocycles. The van der Waals surface area contributed by atoms with Gasteiger partial charge in [0.25, 0.3) is 0 Å². The van der Waals surface area contributed by atoms with Gasteiger partial charge in [-0.1, -0.05) is 24.3 Å². The van der Waals surface area contributed by atoms with E-state index in [9.17, 15) is 9.59 Å². The largest absolute Gasteiger partial charge is 0.496 e. The van der Waals surface area contributed by atoms with Gasteiger partial charge in [-0.05, 0) is 36.4 Å². The van der Waals surface area contributed by atoms with Gasteiger partial charge in [0.1, 0.15) is 34.3 Å². The summed E-state index contributed by atoms with van der Waals surface area (Å²) in [6.07, 6.45) is 1.62. The smallest absolute Gasteiger partial charge is 0.351 e. The number of carbonyl (C=O) groups is 2. The van der Waals surface area contributed by atoms with Gasteiger partial charge in [0.15, 0.2) is 5.76 Å². The van der Waals surface area contributed by atoms with Crippen LogP contribution < -0.4 is 23.7 Å². The van der Waals surface area contributed by atoms with Crippen LogP contribution >= 0.6 is 0 Å². The average molecular weight is 432 g/mol. The minimum absolute atomic E-state index is 0.152. The molecule has 0 saturated heterocycles. The molecule has 0 amide bonds. The van der Waals surface area contributed by atoms with Gasteiger partial charge in [-0.2, -0.15) is 0 Å². The molecule has 1 aliphatic rings. The Bertz CT molecular complexity index is 1200. The van der Waals surface area contributed by atoms with Gasteiger partial charge >= 0.3 is 5.97 Å². The Balaban J connectivity index is 1.60. The van der Waals surface area contributed by atoms with Gasteiger partial charge in [0.05, 0.1) is 26.9 Å². The third kappa shape index (κ3) is 3.88. The van der Waals surface area contributed by atoms with Gasteiger partial charge in [-0.3, -0.25) is 4.79 Å². The lowest BCUT2D eigenvalue weighted by Crippen LogP contribution is -2.12. The van der Waals surface area contributed by atoms with Crippen LogP contribution in [-0.4, -0.2) is 33.1 Å². The van der Waals surface area contributed by atoms with E-state index in [1.54, 1.807) is 43.5 Å². The lowest BCUT2D eigenvalue weighted by atomic mass is 10.1. The molecule has 3 aromatic rings. The highest BCUT2D eigenvalue weighted by atomic mass is 16.5. The molecule has 4 rings (SSSR count). The van der Waals surface area contributed by atoms with E-state index in [1.807, 2.05) is 18.2 Å². The molecule has 0 saturated carbocycles. The SMILES string of the molecule is COc1ccccc1/C=C1\Oc2cc(OC(=O)c3c(OC)cccc3OC)ccc2C1=O. The third-order valence-electron chi connectivity index (χ3n) is 4.91. The molecule has 32 heavy (non-hydrogen) atoms. The number of hydrogen-bond acceptors (Lipinski definition) is 7. The molecule has 0 fully saturated rings. The van der Waals surface area contributed by atoms with Gasteiger partial charge in [-0.15, -0.1) is 0 Å². The van der Waals surface area contributed by atoms with E-state index in [1.165, 1.54) is 26.4 Å². The number of hydrogen-bond donors (Lipinski definition) is 0. The van der Waals surface area contributed by atoms with Gasteiger partial charge in [0, 0.05) is 11.6 Å². The number of benzene rings is 3. The summed E-state index contributed by atoms with van der Waals surface area (Å²) in [6, 6.07) is 16.9. The molecule has 1 aliphatic heterocycles. The predicted octanol–water partition coefficient (Wildman–Crippen LogP) is 4.55. The summed E-state index contributed by atoms with van der Waals surface area (Å²) in [5.74, 6) is 1.00. The van der Waals surface area contributed by atoms with Crippen LogP contribution in [0.1, 0.15) is 26.3 Å². The number of ketones is 1. The number of Topliss-reactive ketones (excluding diaryl/α,β-unsaturated/α-hetero) is 1. The molecule has 0 aliphatic carbocycles. The fourth-order valence-electron chi connectivity index (χ4n) is 3.37. The maximum atomic E-state index is 12.8. The van der Waals surface area contributed by atoms with Gasteiger partial charge in [-0.25, -0.2) is 4.79 Å². The average Bonchev–Trinajstić information content (AvgIpc) is 3.13. The zero-order valence-electron chi connectivity index (χ0n) is 17.7. The number of carbonyl (C=O) groups excluding carboxylic acids is 2. The summed E-state index contributed by atoms with van der Waals surface area (Å²) >= 11 is 0. The molecule has 0 N–H and O–H groups in total. The normalized spacial score (nSPS) is 13.3. The first kappa shape index (κ1) is 21.0. The van der Waals surface area contributed by atoms with Crippen LogP contribution in [0.3, 0.4) is 0 Å². The van der Waals surface area contributed by atoms with E-state index in [0.717, 1.165) is 0 Å². The first-order valence-corrected chi connectivity index (χ1v) is 9.70. The van der Waals surface area contributed by atoms with E-state index < -0.39 is 5.97 Å². The number of ether oxygens (including phenoxy) is 5. The van der Waals surface area contributed by atoms with Crippen molar-refractivity contribution in [3.63, 3.8) is 0 Å². The Morgan fingerprint density at radius 3 is 2.19 bits per heavy atom. The number of rotatable bonds is 6. The van der Waals surface area contributed by atoms with Gasteiger partial charge < -0.3 is 23.7 Å². The molecular formula is C25H20O7. The molecule has 0 unspecified atom stereocenters. The molecule has 7 heteroatoms. The van der Waals surface area contributed by atoms with Crippen LogP contribution in [0.4, 0.5) is 0 Å². The molecular weight excluding hydrogens is 412 g/mol. The van der Waals surface area contributed by atoms with E-state index in [-0.39, 0.29) is 22.9 Å². The quantitative estimate of drug-likeness (QED) is 0.321. The van der Waals surface area contributed by atoms with Gasteiger partial charge in [0.2, 0.25) is 5.78 Å². The second-order valence-electron chi connectivity index (χ2n) is 6.77. The maximum Gasteiger partial charge on any atom is 0.351 e. The summed E-state index contributed by atoms with van der Waals surface area (Å²) in [6.45, 7) is 0. The second kappa shape index (κ2) is 8.85. The maximum absolute atomic E-state index is 12.8. The Labute approximate surface area is 184 Å². The molecule has 0 aromatic heterocycles. The third-order valence-corrected chi connectivity index (χ3v) is 4.91. The number of esters is 1. The van der Waals surface area contributed by atoms with Crippen molar-refractivity contribution >= 4 is 17.8 Å². The highest BCUT2D eigenvalue weighted by Crippen LogP contribution is 2.36. The Morgan fingerprint density at radius 1 is 0.844 bits per heavy atom. The Morgan fingerprint density at radius 2 is 1.50 bits per heavy atom. The molecule has 162 valence electrons. The van der Waals surface area contributed by atoms with Crippen molar-refractivity contribution in [1.82, 2.24) is 0 Å². The first-order valence-electron chi connectivity index (χ1n) is 9.70. The van der Waals surface area contributed by atoms with Crippen molar-refractivity contribution in [3.8, 4) is 28.7 Å². The minimum atomic E-state index is -0.659. The Kier molecular flexibility index (Phi) is 5.81. The number of allylic oxidation sites excluding steroid dienone is 1.